The lowest BCUT2D eigenvalue weighted by molar-refractivity contribution is -0.155. The zero-order valence-corrected chi connectivity index (χ0v) is 25.3. The van der Waals surface area contributed by atoms with Gasteiger partial charge >= 0.3 is 0 Å². The van der Waals surface area contributed by atoms with E-state index in [-0.39, 0.29) is 47.7 Å². The van der Waals surface area contributed by atoms with E-state index in [9.17, 15) is 39.6 Å². The van der Waals surface area contributed by atoms with E-state index in [1.165, 1.54) is 6.92 Å². The van der Waals surface area contributed by atoms with Crippen LogP contribution in [0.1, 0.15) is 54.2 Å². The lowest BCUT2D eigenvalue weighted by Crippen LogP contribution is -2.62. The van der Waals surface area contributed by atoms with Gasteiger partial charge in [0, 0.05) is 49.3 Å². The Morgan fingerprint density at radius 2 is 1.75 bits per heavy atom. The molecule has 4 atom stereocenters. The molecule has 0 aromatic heterocycles. The summed E-state index contributed by atoms with van der Waals surface area (Å²) in [7, 11) is 3.61. The van der Waals surface area contributed by atoms with Gasteiger partial charge in [-0.15, -0.1) is 0 Å². The summed E-state index contributed by atoms with van der Waals surface area (Å²) in [6.45, 7) is 5.20. The fourth-order valence-electron chi connectivity index (χ4n) is 7.12. The Hall–Kier alpha value is -4.64. The van der Waals surface area contributed by atoms with Crippen molar-refractivity contribution in [1.82, 2.24) is 0 Å². The van der Waals surface area contributed by atoms with E-state index >= 15 is 0 Å². The third-order valence-electron chi connectivity index (χ3n) is 9.27. The van der Waals surface area contributed by atoms with Crippen LogP contribution in [0.25, 0.3) is 5.76 Å². The molecule has 1 saturated carbocycles. The van der Waals surface area contributed by atoms with Crippen molar-refractivity contribution in [2.24, 2.45) is 29.4 Å². The number of carbonyl (C=O) groups is 4. The van der Waals surface area contributed by atoms with Crippen LogP contribution < -0.4 is 16.0 Å². The second-order valence-electron chi connectivity index (χ2n) is 12.5. The second-order valence-corrected chi connectivity index (χ2v) is 12.5. The number of nitrogens with two attached hydrogens (primary N) is 1. The van der Waals surface area contributed by atoms with E-state index in [4.69, 9.17) is 5.73 Å². The standard InChI is InChI=1S/C33H37N3O8/c1-14(2)23-20-11-18-10-19-22(36(4)5)12-21(35-13-16-6-8-17(9-7-16)15(3)37)27(38)25(19)29(40)24(18)30(41)33(20,44)31(42)26(28(23)39)32(34)43/h6-9,12,14,18,20,23,35,38,40,42,44H,10-11,13H2,1-5H3,(H2,34,43)/t18-,20-,23-,33-/m0/s1. The molecule has 0 saturated heterocycles. The number of carbonyl (C=O) groups excluding carboxylic acids is 4. The summed E-state index contributed by atoms with van der Waals surface area (Å²) in [5.41, 5.74) is 4.67. The number of aromatic hydroxyl groups is 1. The molecule has 3 aliphatic carbocycles. The van der Waals surface area contributed by atoms with E-state index < -0.39 is 63.8 Å². The van der Waals surface area contributed by atoms with Crippen LogP contribution >= 0.6 is 0 Å². The first-order valence-electron chi connectivity index (χ1n) is 14.5. The van der Waals surface area contributed by atoms with E-state index in [0.717, 1.165) is 5.56 Å². The average molecular weight is 604 g/mol. The normalized spacial score (nSPS) is 24.6. The number of amides is 1. The minimum Gasteiger partial charge on any atom is -0.508 e. The van der Waals surface area contributed by atoms with E-state index in [1.807, 2.05) is 4.90 Å². The van der Waals surface area contributed by atoms with E-state index in [0.29, 0.717) is 16.8 Å². The van der Waals surface area contributed by atoms with Gasteiger partial charge in [0.1, 0.15) is 22.8 Å². The number of ketones is 3. The minimum atomic E-state index is -2.66. The van der Waals surface area contributed by atoms with Crippen LogP contribution in [0.2, 0.25) is 0 Å². The van der Waals surface area contributed by atoms with Gasteiger partial charge in [0.25, 0.3) is 5.91 Å². The number of phenolic OH excluding ortho intramolecular Hbond substituents is 1. The van der Waals surface area contributed by atoms with Gasteiger partial charge in [-0.3, -0.25) is 19.2 Å². The summed E-state index contributed by atoms with van der Waals surface area (Å²) in [6, 6.07) is 8.72. The maximum absolute atomic E-state index is 14.1. The molecule has 11 nitrogen and oxygen atoms in total. The van der Waals surface area contributed by atoms with Crippen molar-refractivity contribution in [3.05, 3.63) is 69.5 Å². The number of hydrogen-bond donors (Lipinski definition) is 6. The summed E-state index contributed by atoms with van der Waals surface area (Å²) < 4.78 is 0. The fourth-order valence-corrected chi connectivity index (χ4v) is 7.12. The van der Waals surface area contributed by atoms with Crippen molar-refractivity contribution in [1.29, 1.82) is 0 Å². The molecule has 7 N–H and O–H groups in total. The van der Waals surface area contributed by atoms with Gasteiger partial charge in [-0.2, -0.15) is 0 Å². The van der Waals surface area contributed by atoms with E-state index in [2.05, 4.69) is 5.32 Å². The maximum Gasteiger partial charge on any atom is 0.255 e. The van der Waals surface area contributed by atoms with E-state index in [1.54, 1.807) is 58.3 Å². The first kappa shape index (κ1) is 30.8. The van der Waals surface area contributed by atoms with Gasteiger partial charge in [-0.05, 0) is 48.8 Å². The number of nitrogens with zero attached hydrogens (tertiary/aromatic N) is 1. The molecule has 1 amide bonds. The van der Waals surface area contributed by atoms with Crippen LogP contribution in [-0.4, -0.2) is 63.4 Å². The molecule has 3 aliphatic rings. The molecule has 44 heavy (non-hydrogen) atoms. The zero-order chi connectivity index (χ0) is 32.4. The lowest BCUT2D eigenvalue weighted by atomic mass is 9.54. The van der Waals surface area contributed by atoms with Gasteiger partial charge in [-0.25, -0.2) is 0 Å². The SMILES string of the molecule is CC(=O)c1ccc(CNc2cc(N(C)C)c3c(c2O)C(O)=C2C(=O)[C@]4(O)C(O)=C(C(N)=O)C(=O)[C@@H](C(C)C)[C@@H]4C[C@@H]2C3)cc1. The number of aliphatic hydroxyl groups is 3. The molecule has 0 spiro atoms. The lowest BCUT2D eigenvalue weighted by Gasteiger charge is -2.50. The van der Waals surface area contributed by atoms with Crippen molar-refractivity contribution in [3.63, 3.8) is 0 Å². The number of anilines is 2. The Bertz CT molecular complexity index is 1670. The van der Waals surface area contributed by atoms with Crippen molar-refractivity contribution in [2.75, 3.05) is 24.3 Å². The molecule has 0 radical (unpaired) electrons. The number of hydrogen-bond acceptors (Lipinski definition) is 10. The third kappa shape index (κ3) is 4.54. The summed E-state index contributed by atoms with van der Waals surface area (Å²) >= 11 is 0. The minimum absolute atomic E-state index is 0.0122. The monoisotopic (exact) mass is 603 g/mol. The number of primary amides is 1. The third-order valence-corrected chi connectivity index (χ3v) is 9.27. The number of nitrogens with one attached hydrogen (secondary N) is 1. The van der Waals surface area contributed by atoms with Crippen LogP contribution in [0.5, 0.6) is 5.75 Å². The Kier molecular flexibility index (Phi) is 7.57. The van der Waals surface area contributed by atoms with Gasteiger partial charge in [0.05, 0.1) is 11.3 Å². The Morgan fingerprint density at radius 3 is 2.30 bits per heavy atom. The number of benzene rings is 2. The van der Waals surface area contributed by atoms with Gasteiger partial charge < -0.3 is 36.4 Å². The van der Waals surface area contributed by atoms with Crippen LogP contribution in [-0.2, 0) is 27.3 Å². The Morgan fingerprint density at radius 1 is 1.11 bits per heavy atom. The molecule has 0 heterocycles. The number of Topliss-reactive ketones (excluding diaryl/α,β-unsaturated/α-hetero) is 3. The maximum atomic E-state index is 14.1. The van der Waals surface area contributed by atoms with Crippen molar-refractivity contribution < 1.29 is 39.6 Å². The Labute approximate surface area is 254 Å². The number of aliphatic hydroxyl groups excluding tert-OH is 2. The number of phenols is 1. The molecule has 1 fully saturated rings. The highest BCUT2D eigenvalue weighted by molar-refractivity contribution is 6.23. The Balaban J connectivity index is 1.63. The molecule has 11 heteroatoms. The quantitative estimate of drug-likeness (QED) is 0.156. The fraction of sp³-hybridized carbons (Fsp3) is 0.394. The summed E-state index contributed by atoms with van der Waals surface area (Å²) in [6.07, 6.45) is 0.253. The van der Waals surface area contributed by atoms with Crippen LogP contribution in [0, 0.1) is 23.7 Å². The molecular weight excluding hydrogens is 566 g/mol. The number of rotatable bonds is 7. The molecule has 2 aromatic rings. The van der Waals surface area contributed by atoms with Gasteiger partial charge in [0.2, 0.25) is 5.78 Å². The summed E-state index contributed by atoms with van der Waals surface area (Å²) in [4.78, 5) is 53.1. The molecule has 0 bridgehead atoms. The summed E-state index contributed by atoms with van der Waals surface area (Å²) in [5.74, 6) is -8.13. The smallest absolute Gasteiger partial charge is 0.255 e. The molecule has 5 rings (SSSR count). The molecule has 0 unspecified atom stereocenters. The van der Waals surface area contributed by atoms with Crippen molar-refractivity contribution >= 4 is 40.4 Å². The van der Waals surface area contributed by atoms with Crippen LogP contribution in [0.15, 0.2) is 47.2 Å². The largest absolute Gasteiger partial charge is 0.508 e. The predicted octanol–water partition coefficient (Wildman–Crippen LogP) is 3.19. The predicted molar refractivity (Wildman–Crippen MR) is 163 cm³/mol. The van der Waals surface area contributed by atoms with Crippen molar-refractivity contribution in [3.8, 4) is 5.75 Å². The highest BCUT2D eigenvalue weighted by Gasteiger charge is 2.64. The topological polar surface area (TPSA) is 190 Å². The molecule has 232 valence electrons. The number of fused-ring (bicyclic) bond motifs is 3. The van der Waals surface area contributed by atoms with Crippen LogP contribution in [0.4, 0.5) is 11.4 Å². The summed E-state index contributed by atoms with van der Waals surface area (Å²) in [5, 5.41) is 49.2. The highest BCUT2D eigenvalue weighted by atomic mass is 16.3. The zero-order valence-electron chi connectivity index (χ0n) is 25.3. The van der Waals surface area contributed by atoms with Crippen LogP contribution in [0.3, 0.4) is 0 Å². The molecule has 2 aromatic carbocycles. The second kappa shape index (κ2) is 10.8. The first-order valence-corrected chi connectivity index (χ1v) is 14.5. The molecule has 0 aliphatic heterocycles. The van der Waals surface area contributed by atoms with Crippen molar-refractivity contribution in [2.45, 2.75) is 45.8 Å². The average Bonchev–Trinajstić information content (AvgIpc) is 2.94. The molecular formula is C33H37N3O8. The first-order chi connectivity index (χ1) is 20.6. The van der Waals surface area contributed by atoms with Gasteiger partial charge in [0.15, 0.2) is 17.2 Å². The highest BCUT2D eigenvalue weighted by Crippen LogP contribution is 2.56. The van der Waals surface area contributed by atoms with Gasteiger partial charge in [-0.1, -0.05) is 38.1 Å².